The molecule has 3 N–H and O–H groups in total. The van der Waals surface area contributed by atoms with E-state index in [0.717, 1.165) is 5.56 Å². The molecule has 2 unspecified atom stereocenters. The van der Waals surface area contributed by atoms with Crippen molar-refractivity contribution in [2.75, 3.05) is 6.61 Å². The summed E-state index contributed by atoms with van der Waals surface area (Å²) in [7, 11) is 0. The zero-order chi connectivity index (χ0) is 15.2. The van der Waals surface area contributed by atoms with E-state index in [1.807, 2.05) is 51.1 Å². The maximum atomic E-state index is 9.60. The number of aliphatic hydroxyl groups excluding tert-OH is 2. The van der Waals surface area contributed by atoms with Crippen molar-refractivity contribution in [3.8, 4) is 6.07 Å². The number of hydrogen-bond donors (Lipinski definition) is 3. The van der Waals surface area contributed by atoms with Gasteiger partial charge < -0.3 is 10.2 Å². The molecule has 0 aromatic heterocycles. The van der Waals surface area contributed by atoms with Crippen LogP contribution in [0.25, 0.3) is 0 Å². The van der Waals surface area contributed by atoms with Crippen molar-refractivity contribution in [1.29, 1.82) is 5.26 Å². The summed E-state index contributed by atoms with van der Waals surface area (Å²) in [5.74, 6) is 0. The van der Waals surface area contributed by atoms with Crippen molar-refractivity contribution in [2.24, 2.45) is 5.41 Å². The van der Waals surface area contributed by atoms with Crippen LogP contribution in [-0.4, -0.2) is 29.0 Å². The van der Waals surface area contributed by atoms with Gasteiger partial charge in [-0.25, -0.2) is 0 Å². The lowest BCUT2D eigenvalue weighted by Crippen LogP contribution is -2.44. The van der Waals surface area contributed by atoms with Crippen molar-refractivity contribution >= 4 is 0 Å². The molecule has 0 spiro atoms. The molecule has 0 amide bonds. The monoisotopic (exact) mass is 276 g/mol. The fourth-order valence-electron chi connectivity index (χ4n) is 2.32. The predicted molar refractivity (Wildman–Crippen MR) is 78.9 cm³/mol. The van der Waals surface area contributed by atoms with Gasteiger partial charge in [-0.15, -0.1) is 0 Å². The highest BCUT2D eigenvalue weighted by Gasteiger charge is 2.32. The van der Waals surface area contributed by atoms with Gasteiger partial charge in [0.05, 0.1) is 18.8 Å². The molecule has 0 fully saturated rings. The van der Waals surface area contributed by atoms with E-state index in [1.165, 1.54) is 0 Å². The van der Waals surface area contributed by atoms with Crippen LogP contribution >= 0.6 is 0 Å². The number of nitriles is 1. The predicted octanol–water partition coefficient (Wildman–Crippen LogP) is 2.00. The largest absolute Gasteiger partial charge is 0.394 e. The first-order chi connectivity index (χ1) is 9.40. The van der Waals surface area contributed by atoms with E-state index in [-0.39, 0.29) is 12.6 Å². The minimum atomic E-state index is -0.797. The Morgan fingerprint density at radius 3 is 2.40 bits per heavy atom. The van der Waals surface area contributed by atoms with Gasteiger partial charge in [0.25, 0.3) is 0 Å². The number of nitrogens with one attached hydrogen (secondary N) is 1. The molecule has 1 aromatic carbocycles. The molecule has 110 valence electrons. The number of benzene rings is 1. The summed E-state index contributed by atoms with van der Waals surface area (Å²) in [6.45, 7) is 5.57. The summed E-state index contributed by atoms with van der Waals surface area (Å²) in [6, 6.07) is 11.8. The summed E-state index contributed by atoms with van der Waals surface area (Å²) in [4.78, 5) is 0. The Balaban J connectivity index is 2.74. The molecule has 3 atom stereocenters. The maximum Gasteiger partial charge on any atom is 0.101 e. The van der Waals surface area contributed by atoms with Crippen LogP contribution in [0.5, 0.6) is 0 Å². The molecular formula is C16H24N2O2. The third-order valence-corrected chi connectivity index (χ3v) is 3.60. The van der Waals surface area contributed by atoms with Crippen LogP contribution in [0, 0.1) is 16.7 Å². The Morgan fingerprint density at radius 2 is 1.90 bits per heavy atom. The second-order valence-corrected chi connectivity index (χ2v) is 5.89. The first kappa shape index (κ1) is 16.6. The number of rotatable bonds is 7. The molecule has 0 saturated carbocycles. The number of nitrogens with zero attached hydrogens (tertiary/aromatic N) is 1. The molecular weight excluding hydrogens is 252 g/mol. The van der Waals surface area contributed by atoms with Gasteiger partial charge in [0, 0.05) is 6.04 Å². The van der Waals surface area contributed by atoms with Gasteiger partial charge >= 0.3 is 0 Å². The molecule has 0 radical (unpaired) electrons. The van der Waals surface area contributed by atoms with Crippen LogP contribution in [0.2, 0.25) is 0 Å². The Labute approximate surface area is 121 Å². The molecule has 0 aliphatic carbocycles. The highest BCUT2D eigenvalue weighted by Crippen LogP contribution is 2.28. The second kappa shape index (κ2) is 7.39. The van der Waals surface area contributed by atoms with Crippen LogP contribution in [0.1, 0.15) is 38.8 Å². The first-order valence-electron chi connectivity index (χ1n) is 6.90. The Hall–Kier alpha value is -1.41. The third kappa shape index (κ3) is 4.61. The van der Waals surface area contributed by atoms with Crippen molar-refractivity contribution in [3.63, 3.8) is 0 Å². The average Bonchev–Trinajstić information content (AvgIpc) is 2.44. The van der Waals surface area contributed by atoms with Crippen LogP contribution in [0.15, 0.2) is 30.3 Å². The van der Waals surface area contributed by atoms with Gasteiger partial charge in [0.15, 0.2) is 0 Å². The molecule has 4 nitrogen and oxygen atoms in total. The normalized spacial score (nSPS) is 16.2. The highest BCUT2D eigenvalue weighted by atomic mass is 16.3. The lowest BCUT2D eigenvalue weighted by molar-refractivity contribution is 0.0494. The van der Waals surface area contributed by atoms with Gasteiger partial charge in [0.1, 0.15) is 6.04 Å². The molecule has 1 aromatic rings. The van der Waals surface area contributed by atoms with E-state index in [4.69, 9.17) is 5.11 Å². The highest BCUT2D eigenvalue weighted by molar-refractivity contribution is 5.19. The lowest BCUT2D eigenvalue weighted by atomic mass is 9.79. The Kier molecular flexibility index (Phi) is 6.15. The summed E-state index contributed by atoms with van der Waals surface area (Å²) in [5.41, 5.74) is 0.686. The smallest absolute Gasteiger partial charge is 0.101 e. The number of hydrogen-bond acceptors (Lipinski definition) is 4. The molecule has 0 saturated heterocycles. The van der Waals surface area contributed by atoms with E-state index in [0.29, 0.717) is 6.42 Å². The van der Waals surface area contributed by atoms with E-state index in [2.05, 4.69) is 11.4 Å². The minimum Gasteiger partial charge on any atom is -0.394 e. The Bertz CT molecular complexity index is 440. The molecule has 4 heteroatoms. The topological polar surface area (TPSA) is 76.3 Å². The van der Waals surface area contributed by atoms with E-state index in [9.17, 15) is 10.4 Å². The zero-order valence-corrected chi connectivity index (χ0v) is 12.4. The third-order valence-electron chi connectivity index (χ3n) is 3.60. The fraction of sp³-hybridized carbons (Fsp3) is 0.562. The van der Waals surface area contributed by atoms with E-state index in [1.54, 1.807) is 0 Å². The maximum absolute atomic E-state index is 9.60. The molecule has 20 heavy (non-hydrogen) atoms. The molecule has 0 aliphatic heterocycles. The standard InChI is InChI=1S/C16H24N2O2/c1-12(13-7-5-4-6-8-13)18-15(10-17)16(2,3)9-14(20)11-19/h4-8,12,14-15,18-20H,9,11H2,1-3H3/t12?,14?,15-/m0/s1. The second-order valence-electron chi connectivity index (χ2n) is 5.89. The molecule has 0 heterocycles. The van der Waals surface area contributed by atoms with E-state index >= 15 is 0 Å². The van der Waals surface area contributed by atoms with Crippen LogP contribution < -0.4 is 5.32 Å². The van der Waals surface area contributed by atoms with E-state index < -0.39 is 17.6 Å². The van der Waals surface area contributed by atoms with Gasteiger partial charge in [-0.2, -0.15) is 5.26 Å². The Morgan fingerprint density at radius 1 is 1.30 bits per heavy atom. The van der Waals surface area contributed by atoms with Gasteiger partial charge in [-0.3, -0.25) is 5.32 Å². The fourth-order valence-corrected chi connectivity index (χ4v) is 2.32. The van der Waals surface area contributed by atoms with Crippen LogP contribution in [0.4, 0.5) is 0 Å². The summed E-state index contributed by atoms with van der Waals surface area (Å²) in [6.07, 6.45) is -0.425. The van der Waals surface area contributed by atoms with Gasteiger partial charge in [-0.1, -0.05) is 44.2 Å². The molecule has 0 aliphatic rings. The van der Waals surface area contributed by atoms with Crippen LogP contribution in [-0.2, 0) is 0 Å². The van der Waals surface area contributed by atoms with Gasteiger partial charge in [0.2, 0.25) is 0 Å². The summed E-state index contributed by atoms with van der Waals surface area (Å²) in [5, 5.41) is 31.2. The quantitative estimate of drug-likeness (QED) is 0.712. The molecule has 0 bridgehead atoms. The van der Waals surface area contributed by atoms with Crippen molar-refractivity contribution < 1.29 is 10.2 Å². The number of aliphatic hydroxyl groups is 2. The zero-order valence-electron chi connectivity index (χ0n) is 12.4. The van der Waals surface area contributed by atoms with Crippen molar-refractivity contribution in [2.45, 2.75) is 45.4 Å². The SMILES string of the molecule is CC(N[C@@H](C#N)C(C)(C)CC(O)CO)c1ccccc1. The van der Waals surface area contributed by atoms with Gasteiger partial charge in [-0.05, 0) is 24.3 Å². The van der Waals surface area contributed by atoms with Crippen molar-refractivity contribution in [1.82, 2.24) is 5.32 Å². The average molecular weight is 276 g/mol. The van der Waals surface area contributed by atoms with Crippen molar-refractivity contribution in [3.05, 3.63) is 35.9 Å². The summed E-state index contributed by atoms with van der Waals surface area (Å²) >= 11 is 0. The lowest BCUT2D eigenvalue weighted by Gasteiger charge is -2.33. The minimum absolute atomic E-state index is 0.0476. The van der Waals surface area contributed by atoms with Crippen LogP contribution in [0.3, 0.4) is 0 Å². The molecule has 1 rings (SSSR count). The first-order valence-corrected chi connectivity index (χ1v) is 6.90. The summed E-state index contributed by atoms with van der Waals surface area (Å²) < 4.78 is 0.